The molecule has 0 aliphatic carbocycles. The van der Waals surface area contributed by atoms with Crippen LogP contribution in [0.3, 0.4) is 0 Å². The molecular formula is C22H34ClN5O2. The van der Waals surface area contributed by atoms with E-state index in [1.165, 1.54) is 12.7 Å². The average Bonchev–Trinajstić information content (AvgIpc) is 3.19. The van der Waals surface area contributed by atoms with Gasteiger partial charge in [0.15, 0.2) is 0 Å². The first-order valence-corrected chi connectivity index (χ1v) is 11.1. The van der Waals surface area contributed by atoms with Crippen molar-refractivity contribution in [3.63, 3.8) is 0 Å². The number of hydrogen-bond donors (Lipinski definition) is 1. The summed E-state index contributed by atoms with van der Waals surface area (Å²) in [5.41, 5.74) is 7.60. The molecule has 1 aromatic heterocycles. The van der Waals surface area contributed by atoms with Crippen LogP contribution in [0.4, 0.5) is 0 Å². The van der Waals surface area contributed by atoms with Crippen molar-refractivity contribution in [1.29, 1.82) is 0 Å². The molecule has 166 valence electrons. The summed E-state index contributed by atoms with van der Waals surface area (Å²) in [5, 5.41) is 3.99. The highest BCUT2D eigenvalue weighted by Crippen LogP contribution is 2.40. The number of aliphatic imine (C=N–C) groups is 1. The minimum atomic E-state index is -0.176. The number of nitrogens with two attached hydrogens (primary N) is 1. The molecule has 2 aliphatic rings. The zero-order chi connectivity index (χ0) is 21.9. The van der Waals surface area contributed by atoms with E-state index in [1.807, 2.05) is 11.8 Å². The van der Waals surface area contributed by atoms with Crippen molar-refractivity contribution in [1.82, 2.24) is 15.0 Å². The van der Waals surface area contributed by atoms with Gasteiger partial charge in [-0.3, -0.25) is 9.79 Å². The number of carbonyl (C=O) groups is 1. The van der Waals surface area contributed by atoms with E-state index in [0.29, 0.717) is 24.2 Å². The van der Waals surface area contributed by atoms with Crippen LogP contribution in [-0.4, -0.2) is 65.3 Å². The lowest BCUT2D eigenvalue weighted by atomic mass is 9.72. The first-order valence-electron chi connectivity index (χ1n) is 10.8. The van der Waals surface area contributed by atoms with Gasteiger partial charge in [0.1, 0.15) is 22.7 Å². The number of likely N-dealkylation sites (tertiary alicyclic amines) is 2. The summed E-state index contributed by atoms with van der Waals surface area (Å²) in [5.74, 6) is -0.176. The van der Waals surface area contributed by atoms with Crippen LogP contribution in [0.1, 0.15) is 52.7 Å². The predicted octanol–water partition coefficient (Wildman–Crippen LogP) is 3.36. The number of carbonyl (C=O) groups excluding carboxylic acids is 1. The molecular weight excluding hydrogens is 402 g/mol. The largest absolute Gasteiger partial charge is 0.396 e. The third kappa shape index (κ3) is 5.24. The van der Waals surface area contributed by atoms with Crippen LogP contribution in [0.5, 0.6) is 0 Å². The monoisotopic (exact) mass is 435 g/mol. The van der Waals surface area contributed by atoms with Gasteiger partial charge in [0.05, 0.1) is 5.70 Å². The van der Waals surface area contributed by atoms with Crippen molar-refractivity contribution in [2.75, 3.05) is 39.3 Å². The van der Waals surface area contributed by atoms with Crippen LogP contribution in [0, 0.1) is 10.8 Å². The highest BCUT2D eigenvalue weighted by molar-refractivity contribution is 6.73. The van der Waals surface area contributed by atoms with Crippen molar-refractivity contribution >= 4 is 28.4 Å². The lowest BCUT2D eigenvalue weighted by molar-refractivity contribution is -0.134. The summed E-state index contributed by atoms with van der Waals surface area (Å²) in [4.78, 5) is 22.1. The molecule has 0 bridgehead atoms. The molecule has 1 amide bonds. The summed E-state index contributed by atoms with van der Waals surface area (Å²) in [6.45, 7) is 13.8. The Morgan fingerprint density at radius 3 is 2.70 bits per heavy atom. The number of amides is 1. The molecule has 0 unspecified atom stereocenters. The second kappa shape index (κ2) is 9.10. The molecule has 0 atom stereocenters. The van der Waals surface area contributed by atoms with Crippen molar-refractivity contribution in [2.24, 2.45) is 21.6 Å². The normalized spacial score (nSPS) is 20.8. The SMILES string of the molecule is CCN=C(Cl)C(C(=O)N1CCCC2(CN(CCC(C)(C)C)C2)C1)=C(N)c1ccon1. The van der Waals surface area contributed by atoms with Crippen LogP contribution in [0.15, 0.2) is 27.4 Å². The highest BCUT2D eigenvalue weighted by Gasteiger charge is 2.46. The Bertz CT molecular complexity index is 804. The average molecular weight is 436 g/mol. The van der Waals surface area contributed by atoms with E-state index in [9.17, 15) is 4.79 Å². The molecule has 0 radical (unpaired) electrons. The molecule has 1 spiro atoms. The van der Waals surface area contributed by atoms with Crippen molar-refractivity contribution in [3.8, 4) is 0 Å². The van der Waals surface area contributed by atoms with E-state index in [4.69, 9.17) is 21.9 Å². The van der Waals surface area contributed by atoms with Gasteiger partial charge in [0, 0.05) is 44.2 Å². The zero-order valence-electron chi connectivity index (χ0n) is 18.6. The van der Waals surface area contributed by atoms with Crippen LogP contribution >= 0.6 is 11.6 Å². The fourth-order valence-electron chi connectivity index (χ4n) is 4.36. The number of piperidine rings is 1. The maximum atomic E-state index is 13.5. The third-order valence-electron chi connectivity index (χ3n) is 5.94. The van der Waals surface area contributed by atoms with E-state index < -0.39 is 0 Å². The number of nitrogens with zero attached hydrogens (tertiary/aromatic N) is 4. The standard InChI is InChI=1S/C22H34ClN5O2/c1-5-25-19(23)17(18(24)16-7-12-30-26-16)20(29)28-10-6-8-22(15-28)13-27(14-22)11-9-21(2,3)4/h7,12H,5-6,8-11,13-15,24H2,1-4H3. The number of halogens is 1. The second-order valence-corrected chi connectivity index (χ2v) is 10.1. The lowest BCUT2D eigenvalue weighted by Crippen LogP contribution is -2.63. The molecule has 1 aromatic rings. The fourth-order valence-corrected chi connectivity index (χ4v) is 4.67. The van der Waals surface area contributed by atoms with Gasteiger partial charge < -0.3 is 20.1 Å². The Labute approximate surface area is 184 Å². The third-order valence-corrected chi connectivity index (χ3v) is 6.25. The van der Waals surface area contributed by atoms with Crippen molar-refractivity contribution < 1.29 is 9.32 Å². The molecule has 30 heavy (non-hydrogen) atoms. The van der Waals surface area contributed by atoms with E-state index in [2.05, 4.69) is 35.8 Å². The first-order chi connectivity index (χ1) is 14.1. The maximum absolute atomic E-state index is 13.5. The topological polar surface area (TPSA) is 88.0 Å². The molecule has 8 heteroatoms. The number of hydrogen-bond acceptors (Lipinski definition) is 6. The molecule has 2 aliphatic heterocycles. The quantitative estimate of drug-likeness (QED) is 0.546. The van der Waals surface area contributed by atoms with E-state index in [0.717, 1.165) is 39.0 Å². The minimum absolute atomic E-state index is 0.128. The summed E-state index contributed by atoms with van der Waals surface area (Å²) >= 11 is 6.40. The molecule has 3 heterocycles. The molecule has 3 rings (SSSR count). The Hall–Kier alpha value is -1.86. The van der Waals surface area contributed by atoms with Gasteiger partial charge in [0.25, 0.3) is 5.91 Å². The first kappa shape index (κ1) is 22.8. The Kier molecular flexibility index (Phi) is 6.92. The molecule has 2 N–H and O–H groups in total. The summed E-state index contributed by atoms with van der Waals surface area (Å²) in [6, 6.07) is 1.62. The van der Waals surface area contributed by atoms with Gasteiger partial charge in [0.2, 0.25) is 0 Å². The molecule has 2 fully saturated rings. The second-order valence-electron chi connectivity index (χ2n) is 9.79. The van der Waals surface area contributed by atoms with Crippen LogP contribution < -0.4 is 5.73 Å². The number of rotatable bonds is 6. The highest BCUT2D eigenvalue weighted by atomic mass is 35.5. The Morgan fingerprint density at radius 2 is 2.10 bits per heavy atom. The van der Waals surface area contributed by atoms with Crippen LogP contribution in [-0.2, 0) is 4.79 Å². The maximum Gasteiger partial charge on any atom is 0.259 e. The van der Waals surface area contributed by atoms with Gasteiger partial charge in [-0.15, -0.1) is 0 Å². The van der Waals surface area contributed by atoms with Gasteiger partial charge in [-0.05, 0) is 38.1 Å². The summed E-state index contributed by atoms with van der Waals surface area (Å²) < 4.78 is 4.89. The van der Waals surface area contributed by atoms with Crippen molar-refractivity contribution in [3.05, 3.63) is 23.6 Å². The smallest absolute Gasteiger partial charge is 0.259 e. The molecule has 0 saturated carbocycles. The predicted molar refractivity (Wildman–Crippen MR) is 120 cm³/mol. The summed E-state index contributed by atoms with van der Waals surface area (Å²) in [6.07, 6.45) is 4.73. The van der Waals surface area contributed by atoms with E-state index in [-0.39, 0.29) is 27.8 Å². The Balaban J connectivity index is 1.73. The van der Waals surface area contributed by atoms with Crippen LogP contribution in [0.25, 0.3) is 5.70 Å². The molecule has 2 saturated heterocycles. The zero-order valence-corrected chi connectivity index (χ0v) is 19.3. The minimum Gasteiger partial charge on any atom is -0.396 e. The van der Waals surface area contributed by atoms with Gasteiger partial charge in [-0.1, -0.05) is 37.5 Å². The fraction of sp³-hybridized carbons (Fsp3) is 0.682. The number of aromatic nitrogens is 1. The molecule has 0 aromatic carbocycles. The Morgan fingerprint density at radius 1 is 1.37 bits per heavy atom. The van der Waals surface area contributed by atoms with Gasteiger partial charge in [-0.2, -0.15) is 0 Å². The van der Waals surface area contributed by atoms with Crippen LogP contribution in [0.2, 0.25) is 0 Å². The van der Waals surface area contributed by atoms with E-state index in [1.54, 1.807) is 6.07 Å². The van der Waals surface area contributed by atoms with Gasteiger partial charge in [-0.25, -0.2) is 0 Å². The summed E-state index contributed by atoms with van der Waals surface area (Å²) in [7, 11) is 0. The van der Waals surface area contributed by atoms with Gasteiger partial charge >= 0.3 is 0 Å². The van der Waals surface area contributed by atoms with Crippen molar-refractivity contribution in [2.45, 2.75) is 47.0 Å². The lowest BCUT2D eigenvalue weighted by Gasteiger charge is -2.55. The molecule has 7 nitrogen and oxygen atoms in total. The van der Waals surface area contributed by atoms with E-state index >= 15 is 0 Å².